The minimum absolute atomic E-state index is 0.272. The summed E-state index contributed by atoms with van der Waals surface area (Å²) in [6.07, 6.45) is 0.723. The maximum atomic E-state index is 13.6. The average Bonchev–Trinajstić information content (AvgIpc) is 2.78. The quantitative estimate of drug-likeness (QED) is 0.556. The first-order chi connectivity index (χ1) is 14.8. The van der Waals surface area contributed by atoms with Gasteiger partial charge in [-0.15, -0.1) is 0 Å². The van der Waals surface area contributed by atoms with Gasteiger partial charge in [0.2, 0.25) is 0 Å². The number of hydrogen-bond acceptors (Lipinski definition) is 4. The molecule has 1 fully saturated rings. The van der Waals surface area contributed by atoms with Gasteiger partial charge in [0.05, 0.1) is 11.6 Å². The molecule has 0 spiro atoms. The summed E-state index contributed by atoms with van der Waals surface area (Å²) in [4.78, 5) is 37.9. The van der Waals surface area contributed by atoms with Gasteiger partial charge in [-0.05, 0) is 37.1 Å². The van der Waals surface area contributed by atoms with Gasteiger partial charge in [-0.2, -0.15) is 0 Å². The summed E-state index contributed by atoms with van der Waals surface area (Å²) >= 11 is 0. The Labute approximate surface area is 176 Å². The number of rotatable bonds is 5. The largest absolute Gasteiger partial charge is 0.455 e. The zero-order chi connectivity index (χ0) is 22.4. The summed E-state index contributed by atoms with van der Waals surface area (Å²) in [6, 6.07) is 10.2. The van der Waals surface area contributed by atoms with E-state index >= 15 is 0 Å². The molecule has 2 aromatic rings. The molecule has 0 unspecified atom stereocenters. The highest BCUT2D eigenvalue weighted by molar-refractivity contribution is 5.93. The lowest BCUT2D eigenvalue weighted by atomic mass is 9.97. The molecule has 0 aliphatic carbocycles. The van der Waals surface area contributed by atoms with Crippen molar-refractivity contribution >= 4 is 29.3 Å². The van der Waals surface area contributed by atoms with Crippen molar-refractivity contribution in [1.29, 1.82) is 0 Å². The van der Waals surface area contributed by atoms with Crippen LogP contribution in [-0.2, 0) is 14.3 Å². The van der Waals surface area contributed by atoms with Gasteiger partial charge in [0, 0.05) is 18.8 Å². The topological polar surface area (TPSA) is 87.7 Å². The second kappa shape index (κ2) is 9.96. The average molecular weight is 435 g/mol. The molecule has 0 radical (unpaired) electrons. The Balaban J connectivity index is 1.42. The number of carbonyl (C=O) groups is 3. The molecule has 1 aliphatic rings. The molecule has 3 amide bonds. The number of urea groups is 1. The summed E-state index contributed by atoms with van der Waals surface area (Å²) in [5, 5.41) is 4.79. The number of hydrogen-bond donors (Lipinski definition) is 2. The van der Waals surface area contributed by atoms with E-state index in [0.29, 0.717) is 37.7 Å². The molecule has 7 nitrogen and oxygen atoms in total. The van der Waals surface area contributed by atoms with E-state index in [1.54, 1.807) is 29.2 Å². The molecule has 2 aromatic carbocycles. The summed E-state index contributed by atoms with van der Waals surface area (Å²) in [7, 11) is 0. The number of carbonyl (C=O) groups excluding carboxylic acids is 3. The highest BCUT2D eigenvalue weighted by atomic mass is 19.2. The third kappa shape index (κ3) is 5.74. The maximum Gasteiger partial charge on any atom is 0.321 e. The lowest BCUT2D eigenvalue weighted by molar-refractivity contribution is -0.152. The number of likely N-dealkylation sites (tertiary alicyclic amines) is 1. The van der Waals surface area contributed by atoms with Gasteiger partial charge in [-0.3, -0.25) is 9.59 Å². The van der Waals surface area contributed by atoms with E-state index in [2.05, 4.69) is 5.32 Å². The number of para-hydroxylation sites is 1. The van der Waals surface area contributed by atoms with E-state index in [9.17, 15) is 27.6 Å². The fourth-order valence-electron chi connectivity index (χ4n) is 3.11. The molecule has 1 saturated heterocycles. The highest BCUT2D eigenvalue weighted by Gasteiger charge is 2.29. The molecule has 3 rings (SSSR count). The Morgan fingerprint density at radius 2 is 1.61 bits per heavy atom. The second-order valence-corrected chi connectivity index (χ2v) is 6.94. The van der Waals surface area contributed by atoms with Crippen molar-refractivity contribution in [3.63, 3.8) is 0 Å². The van der Waals surface area contributed by atoms with Crippen LogP contribution >= 0.6 is 0 Å². The van der Waals surface area contributed by atoms with Crippen LogP contribution in [-0.4, -0.2) is 42.5 Å². The van der Waals surface area contributed by atoms with Crippen molar-refractivity contribution in [2.24, 2.45) is 5.92 Å². The summed E-state index contributed by atoms with van der Waals surface area (Å²) in [5.41, 5.74) is 0.107. The summed E-state index contributed by atoms with van der Waals surface area (Å²) in [6.45, 7) is -0.0264. The number of ether oxygens (including phenoxy) is 1. The van der Waals surface area contributed by atoms with Crippen molar-refractivity contribution in [2.45, 2.75) is 12.8 Å². The lowest BCUT2D eigenvalue weighted by Crippen LogP contribution is -2.43. The van der Waals surface area contributed by atoms with E-state index in [4.69, 9.17) is 4.74 Å². The predicted molar refractivity (Wildman–Crippen MR) is 106 cm³/mol. The Hall–Kier alpha value is -3.56. The first kappa shape index (κ1) is 22.1. The van der Waals surface area contributed by atoms with Gasteiger partial charge in [0.1, 0.15) is 0 Å². The fourth-order valence-corrected chi connectivity index (χ4v) is 3.11. The summed E-state index contributed by atoms with van der Waals surface area (Å²) in [5.74, 6) is -6.64. The molecule has 0 atom stereocenters. The van der Waals surface area contributed by atoms with Crippen molar-refractivity contribution in [3.05, 3.63) is 59.9 Å². The van der Waals surface area contributed by atoms with Gasteiger partial charge in [-0.25, -0.2) is 18.0 Å². The van der Waals surface area contributed by atoms with Crippen LogP contribution in [0, 0.1) is 23.4 Å². The molecular weight excluding hydrogens is 415 g/mol. The van der Waals surface area contributed by atoms with Crippen LogP contribution in [0.1, 0.15) is 12.8 Å². The minimum Gasteiger partial charge on any atom is -0.455 e. The van der Waals surface area contributed by atoms with Crippen LogP contribution in [0.4, 0.5) is 29.3 Å². The van der Waals surface area contributed by atoms with E-state index < -0.39 is 47.5 Å². The maximum absolute atomic E-state index is 13.6. The van der Waals surface area contributed by atoms with Gasteiger partial charge in [0.25, 0.3) is 5.91 Å². The minimum atomic E-state index is -1.71. The zero-order valence-corrected chi connectivity index (χ0v) is 16.4. The van der Waals surface area contributed by atoms with Crippen LogP contribution in [0.3, 0.4) is 0 Å². The van der Waals surface area contributed by atoms with Crippen LogP contribution in [0.2, 0.25) is 0 Å². The van der Waals surface area contributed by atoms with E-state index in [-0.39, 0.29) is 6.03 Å². The van der Waals surface area contributed by atoms with Crippen LogP contribution < -0.4 is 10.6 Å². The summed E-state index contributed by atoms with van der Waals surface area (Å²) < 4.78 is 44.6. The monoisotopic (exact) mass is 435 g/mol. The molecular formula is C21H20F3N3O4. The molecule has 2 N–H and O–H groups in total. The van der Waals surface area contributed by atoms with Crippen molar-refractivity contribution in [2.75, 3.05) is 30.3 Å². The number of benzene rings is 2. The number of piperidine rings is 1. The number of nitrogens with zero attached hydrogens (tertiary/aromatic N) is 1. The number of halogens is 3. The van der Waals surface area contributed by atoms with Crippen LogP contribution in [0.5, 0.6) is 0 Å². The Morgan fingerprint density at radius 1 is 0.935 bits per heavy atom. The van der Waals surface area contributed by atoms with Gasteiger partial charge in [-0.1, -0.05) is 18.2 Å². The fraction of sp³-hybridized carbons (Fsp3) is 0.286. The Kier molecular flexibility index (Phi) is 7.11. The second-order valence-electron chi connectivity index (χ2n) is 6.94. The van der Waals surface area contributed by atoms with Gasteiger partial charge < -0.3 is 20.3 Å². The van der Waals surface area contributed by atoms with Crippen LogP contribution in [0.15, 0.2) is 42.5 Å². The molecule has 1 aliphatic heterocycles. The third-order valence-electron chi connectivity index (χ3n) is 4.80. The van der Waals surface area contributed by atoms with Crippen molar-refractivity contribution < 1.29 is 32.3 Å². The lowest BCUT2D eigenvalue weighted by Gasteiger charge is -2.30. The standard InChI is InChI=1S/C21H20F3N3O4/c22-15-6-7-16(19(24)18(15)23)26-17(28)12-31-20(29)13-8-10-27(11-9-13)21(30)25-14-4-2-1-3-5-14/h1-7,13H,8-12H2,(H,25,30)(H,26,28). The number of anilines is 2. The van der Waals surface area contributed by atoms with E-state index in [0.717, 1.165) is 6.07 Å². The molecule has 10 heteroatoms. The molecule has 0 aromatic heterocycles. The van der Waals surface area contributed by atoms with E-state index in [1.165, 1.54) is 0 Å². The smallest absolute Gasteiger partial charge is 0.321 e. The normalized spacial score (nSPS) is 14.1. The third-order valence-corrected chi connectivity index (χ3v) is 4.80. The predicted octanol–water partition coefficient (Wildman–Crippen LogP) is 3.53. The molecule has 0 saturated carbocycles. The van der Waals surface area contributed by atoms with Gasteiger partial charge in [0.15, 0.2) is 24.1 Å². The zero-order valence-electron chi connectivity index (χ0n) is 16.4. The Bertz CT molecular complexity index is 964. The first-order valence-electron chi connectivity index (χ1n) is 9.56. The Morgan fingerprint density at radius 3 is 2.29 bits per heavy atom. The van der Waals surface area contributed by atoms with Crippen LogP contribution in [0.25, 0.3) is 0 Å². The molecule has 31 heavy (non-hydrogen) atoms. The number of amides is 3. The number of nitrogens with one attached hydrogen (secondary N) is 2. The SMILES string of the molecule is O=C(COC(=O)C1CCN(C(=O)Nc2ccccc2)CC1)Nc1ccc(F)c(F)c1F. The van der Waals surface area contributed by atoms with E-state index in [1.807, 2.05) is 11.4 Å². The molecule has 1 heterocycles. The molecule has 0 bridgehead atoms. The number of esters is 1. The van der Waals surface area contributed by atoms with Gasteiger partial charge >= 0.3 is 12.0 Å². The van der Waals surface area contributed by atoms with Crippen molar-refractivity contribution in [1.82, 2.24) is 4.90 Å². The van der Waals surface area contributed by atoms with Crippen molar-refractivity contribution in [3.8, 4) is 0 Å². The molecule has 164 valence electrons. The first-order valence-corrected chi connectivity index (χ1v) is 9.56. The highest BCUT2D eigenvalue weighted by Crippen LogP contribution is 2.21.